The average molecular weight is 396 g/mol. The van der Waals surface area contributed by atoms with Crippen molar-refractivity contribution in [1.82, 2.24) is 0 Å². The summed E-state index contributed by atoms with van der Waals surface area (Å²) in [5, 5.41) is 9.16. The van der Waals surface area contributed by atoms with Gasteiger partial charge < -0.3 is 20.5 Å². The number of methoxy groups -OCH3 is 1. The maximum absolute atomic E-state index is 12.5. The Morgan fingerprint density at radius 3 is 2.31 bits per heavy atom. The van der Waals surface area contributed by atoms with Gasteiger partial charge in [0.05, 0.1) is 18.1 Å². The first-order valence-corrected chi connectivity index (χ1v) is 9.98. The number of piperidine rings is 1. The van der Waals surface area contributed by atoms with E-state index in [1.807, 2.05) is 18.2 Å². The number of carboxylic acids is 1. The van der Waals surface area contributed by atoms with Crippen molar-refractivity contribution in [3.8, 4) is 0 Å². The van der Waals surface area contributed by atoms with E-state index in [0.717, 1.165) is 37.2 Å². The zero-order valence-corrected chi connectivity index (χ0v) is 16.7. The molecule has 1 amide bonds. The van der Waals surface area contributed by atoms with Crippen LogP contribution in [0.25, 0.3) is 0 Å². The standard InChI is InChI=1S/C23H28N2O4/c1-29-15-19(18-7-3-4-8-20(18)25-13-5-2-6-14-25)21(22(24)26)16-9-11-17(12-10-16)23(27)28/h3-4,7-12,19,21H,2,5-6,13-15H2,1H3,(H2,24,26)(H,27,28). The molecule has 0 radical (unpaired) electrons. The second-order valence-corrected chi connectivity index (χ2v) is 7.48. The van der Waals surface area contributed by atoms with Crippen LogP contribution in [0.2, 0.25) is 0 Å². The van der Waals surface area contributed by atoms with Gasteiger partial charge in [0.2, 0.25) is 5.91 Å². The predicted octanol–water partition coefficient (Wildman–Crippen LogP) is 3.37. The van der Waals surface area contributed by atoms with Crippen LogP contribution in [0.3, 0.4) is 0 Å². The molecule has 1 fully saturated rings. The number of primary amides is 1. The highest BCUT2D eigenvalue weighted by atomic mass is 16.5. The molecule has 1 aliphatic heterocycles. The molecule has 6 heteroatoms. The van der Waals surface area contributed by atoms with Crippen molar-refractivity contribution >= 4 is 17.6 Å². The maximum Gasteiger partial charge on any atom is 0.335 e. The van der Waals surface area contributed by atoms with Crippen molar-refractivity contribution in [2.24, 2.45) is 5.73 Å². The minimum absolute atomic E-state index is 0.175. The molecule has 2 atom stereocenters. The van der Waals surface area contributed by atoms with Crippen LogP contribution >= 0.6 is 0 Å². The third kappa shape index (κ3) is 4.77. The van der Waals surface area contributed by atoms with Gasteiger partial charge in [0.1, 0.15) is 0 Å². The summed E-state index contributed by atoms with van der Waals surface area (Å²) >= 11 is 0. The lowest BCUT2D eigenvalue weighted by Crippen LogP contribution is -2.33. The van der Waals surface area contributed by atoms with Crippen molar-refractivity contribution in [3.05, 3.63) is 65.2 Å². The first kappa shape index (κ1) is 20.9. The van der Waals surface area contributed by atoms with Crippen LogP contribution in [0.15, 0.2) is 48.5 Å². The van der Waals surface area contributed by atoms with Gasteiger partial charge in [0.15, 0.2) is 0 Å². The van der Waals surface area contributed by atoms with Crippen LogP contribution in [-0.4, -0.2) is 43.8 Å². The van der Waals surface area contributed by atoms with E-state index in [1.54, 1.807) is 19.2 Å². The summed E-state index contributed by atoms with van der Waals surface area (Å²) in [6.45, 7) is 2.32. The first-order chi connectivity index (χ1) is 14.0. The predicted molar refractivity (Wildman–Crippen MR) is 112 cm³/mol. The second-order valence-electron chi connectivity index (χ2n) is 7.48. The van der Waals surface area contributed by atoms with Gasteiger partial charge in [-0.3, -0.25) is 4.79 Å². The molecular formula is C23H28N2O4. The molecule has 29 heavy (non-hydrogen) atoms. The van der Waals surface area contributed by atoms with E-state index in [4.69, 9.17) is 15.6 Å². The second kappa shape index (κ2) is 9.56. The minimum Gasteiger partial charge on any atom is -0.478 e. The number of anilines is 1. The number of carboxylic acid groups (broad SMARTS) is 1. The Labute approximate surface area is 171 Å². The lowest BCUT2D eigenvalue weighted by molar-refractivity contribution is -0.120. The van der Waals surface area contributed by atoms with E-state index in [0.29, 0.717) is 12.2 Å². The smallest absolute Gasteiger partial charge is 0.335 e. The summed E-state index contributed by atoms with van der Waals surface area (Å²) in [5.41, 5.74) is 8.85. The Morgan fingerprint density at radius 1 is 1.07 bits per heavy atom. The third-order valence-electron chi connectivity index (χ3n) is 5.60. The Bertz CT molecular complexity index is 844. The SMILES string of the molecule is COCC(c1ccccc1N1CCCCC1)C(C(N)=O)c1ccc(C(=O)O)cc1. The Morgan fingerprint density at radius 2 is 1.72 bits per heavy atom. The van der Waals surface area contributed by atoms with Crippen LogP contribution in [0.1, 0.15) is 52.6 Å². The van der Waals surface area contributed by atoms with Gasteiger partial charge in [0.25, 0.3) is 0 Å². The Hall–Kier alpha value is -2.86. The molecule has 1 aliphatic rings. The number of nitrogens with two attached hydrogens (primary N) is 1. The maximum atomic E-state index is 12.5. The number of hydrogen-bond acceptors (Lipinski definition) is 4. The number of aromatic carboxylic acids is 1. The number of para-hydroxylation sites is 1. The molecular weight excluding hydrogens is 368 g/mol. The zero-order valence-electron chi connectivity index (χ0n) is 16.7. The van der Waals surface area contributed by atoms with Gasteiger partial charge in [-0.25, -0.2) is 4.79 Å². The number of carbonyl (C=O) groups is 2. The van der Waals surface area contributed by atoms with Gasteiger partial charge in [0, 0.05) is 31.8 Å². The first-order valence-electron chi connectivity index (χ1n) is 9.98. The number of hydrogen-bond donors (Lipinski definition) is 2. The van der Waals surface area contributed by atoms with E-state index in [1.165, 1.54) is 18.6 Å². The van der Waals surface area contributed by atoms with Crippen LogP contribution < -0.4 is 10.6 Å². The highest BCUT2D eigenvalue weighted by molar-refractivity contribution is 5.88. The van der Waals surface area contributed by atoms with E-state index in [2.05, 4.69) is 11.0 Å². The molecule has 2 aromatic carbocycles. The minimum atomic E-state index is -1.00. The summed E-state index contributed by atoms with van der Waals surface area (Å²) in [4.78, 5) is 26.1. The Balaban J connectivity index is 2.02. The zero-order chi connectivity index (χ0) is 20.8. The topological polar surface area (TPSA) is 92.9 Å². The molecule has 6 nitrogen and oxygen atoms in total. The van der Waals surface area contributed by atoms with Gasteiger partial charge in [-0.05, 0) is 48.6 Å². The summed E-state index contributed by atoms with van der Waals surface area (Å²) in [6.07, 6.45) is 3.54. The molecule has 0 bridgehead atoms. The highest BCUT2D eigenvalue weighted by Gasteiger charge is 2.32. The molecule has 2 aromatic rings. The fraction of sp³-hybridized carbons (Fsp3) is 0.391. The quantitative estimate of drug-likeness (QED) is 0.714. The lowest BCUT2D eigenvalue weighted by Gasteiger charge is -2.34. The van der Waals surface area contributed by atoms with Crippen molar-refractivity contribution in [2.75, 3.05) is 31.7 Å². The van der Waals surface area contributed by atoms with E-state index in [-0.39, 0.29) is 11.5 Å². The number of nitrogens with zero attached hydrogens (tertiary/aromatic N) is 1. The number of amides is 1. The fourth-order valence-corrected chi connectivity index (χ4v) is 4.20. The van der Waals surface area contributed by atoms with Gasteiger partial charge in [-0.15, -0.1) is 0 Å². The van der Waals surface area contributed by atoms with Crippen molar-refractivity contribution in [1.29, 1.82) is 0 Å². The summed E-state index contributed by atoms with van der Waals surface area (Å²) in [5.74, 6) is -2.35. The summed E-state index contributed by atoms with van der Waals surface area (Å²) in [7, 11) is 1.61. The average Bonchev–Trinajstić information content (AvgIpc) is 2.74. The fourth-order valence-electron chi connectivity index (χ4n) is 4.20. The molecule has 1 heterocycles. The van der Waals surface area contributed by atoms with E-state index >= 15 is 0 Å². The number of carbonyl (C=O) groups excluding carboxylic acids is 1. The van der Waals surface area contributed by atoms with Crippen LogP contribution in [0, 0.1) is 0 Å². The number of benzene rings is 2. The van der Waals surface area contributed by atoms with Crippen molar-refractivity contribution < 1.29 is 19.4 Å². The third-order valence-corrected chi connectivity index (χ3v) is 5.60. The molecule has 154 valence electrons. The van der Waals surface area contributed by atoms with Crippen LogP contribution in [0.5, 0.6) is 0 Å². The molecule has 2 unspecified atom stereocenters. The highest BCUT2D eigenvalue weighted by Crippen LogP contribution is 2.39. The van der Waals surface area contributed by atoms with Crippen molar-refractivity contribution in [2.45, 2.75) is 31.1 Å². The van der Waals surface area contributed by atoms with Crippen LogP contribution in [-0.2, 0) is 9.53 Å². The molecule has 0 aromatic heterocycles. The number of ether oxygens (including phenoxy) is 1. The monoisotopic (exact) mass is 396 g/mol. The lowest BCUT2D eigenvalue weighted by atomic mass is 9.80. The molecule has 0 aliphatic carbocycles. The molecule has 3 rings (SSSR count). The van der Waals surface area contributed by atoms with E-state index in [9.17, 15) is 9.59 Å². The van der Waals surface area contributed by atoms with Crippen LogP contribution in [0.4, 0.5) is 5.69 Å². The van der Waals surface area contributed by atoms with E-state index < -0.39 is 17.8 Å². The number of rotatable bonds is 8. The molecule has 0 spiro atoms. The molecule has 3 N–H and O–H groups in total. The van der Waals surface area contributed by atoms with Crippen molar-refractivity contribution in [3.63, 3.8) is 0 Å². The van der Waals surface area contributed by atoms with Gasteiger partial charge in [-0.1, -0.05) is 30.3 Å². The largest absolute Gasteiger partial charge is 0.478 e. The molecule has 1 saturated heterocycles. The molecule has 0 saturated carbocycles. The van der Waals surface area contributed by atoms with Gasteiger partial charge in [-0.2, -0.15) is 0 Å². The normalized spacial score (nSPS) is 16.2. The summed E-state index contributed by atoms with van der Waals surface area (Å²) < 4.78 is 5.49. The van der Waals surface area contributed by atoms with Gasteiger partial charge >= 0.3 is 5.97 Å². The summed E-state index contributed by atoms with van der Waals surface area (Å²) in [6, 6.07) is 14.5. The Kier molecular flexibility index (Phi) is 6.88.